The van der Waals surface area contributed by atoms with Crippen molar-refractivity contribution in [2.24, 2.45) is 0 Å². The van der Waals surface area contributed by atoms with Gasteiger partial charge in [0, 0.05) is 24.1 Å². The van der Waals surface area contributed by atoms with Crippen molar-refractivity contribution in [3.8, 4) is 5.75 Å². The number of benzene rings is 1. The van der Waals surface area contributed by atoms with Gasteiger partial charge >= 0.3 is 18.2 Å². The number of carboxylic acid groups (broad SMARTS) is 1. The number of rotatable bonds is 13. The molecule has 3 N–H and O–H groups in total. The van der Waals surface area contributed by atoms with Gasteiger partial charge in [0.2, 0.25) is 0 Å². The van der Waals surface area contributed by atoms with Crippen molar-refractivity contribution < 1.29 is 38.4 Å². The van der Waals surface area contributed by atoms with Gasteiger partial charge in [-0.3, -0.25) is 4.79 Å². The topological polar surface area (TPSA) is 132 Å². The summed E-state index contributed by atoms with van der Waals surface area (Å²) in [5.74, 6) is -0.577. The highest BCUT2D eigenvalue weighted by Crippen LogP contribution is 2.37. The molecule has 2 amide bonds. The molecule has 0 radical (unpaired) electrons. The normalized spacial score (nSPS) is 11.6. The van der Waals surface area contributed by atoms with Crippen molar-refractivity contribution in [1.82, 2.24) is 10.6 Å². The summed E-state index contributed by atoms with van der Waals surface area (Å²) in [6.07, 6.45) is -1.23. The largest absolute Gasteiger partial charge is 0.481 e. The number of alkyl carbamates (subject to hydrolysis) is 1. The van der Waals surface area contributed by atoms with Crippen LogP contribution in [0.3, 0.4) is 0 Å². The first-order valence-corrected chi connectivity index (χ1v) is 11.6. The van der Waals surface area contributed by atoms with E-state index in [0.717, 1.165) is 11.1 Å². The van der Waals surface area contributed by atoms with Gasteiger partial charge in [-0.05, 0) is 51.8 Å². The average Bonchev–Trinajstić information content (AvgIpc) is 2.66. The molecule has 0 bridgehead atoms. The highest BCUT2D eigenvalue weighted by molar-refractivity contribution is 5.73. The molecule has 1 aromatic rings. The van der Waals surface area contributed by atoms with Crippen molar-refractivity contribution in [3.63, 3.8) is 0 Å². The van der Waals surface area contributed by atoms with E-state index in [0.29, 0.717) is 37.7 Å². The summed E-state index contributed by atoms with van der Waals surface area (Å²) in [5.41, 5.74) is 1.20. The first kappa shape index (κ1) is 30.2. The Hall–Kier alpha value is -2.85. The van der Waals surface area contributed by atoms with Crippen molar-refractivity contribution in [2.75, 3.05) is 39.5 Å². The van der Waals surface area contributed by atoms with Gasteiger partial charge in [0.25, 0.3) is 0 Å². The van der Waals surface area contributed by atoms with Crippen molar-refractivity contribution in [1.29, 1.82) is 0 Å². The Kier molecular flexibility index (Phi) is 12.0. The van der Waals surface area contributed by atoms with Crippen LogP contribution in [0.5, 0.6) is 5.75 Å². The molecule has 10 heteroatoms. The van der Waals surface area contributed by atoms with Crippen LogP contribution in [-0.4, -0.2) is 68.4 Å². The Balaban J connectivity index is 2.34. The fourth-order valence-corrected chi connectivity index (χ4v) is 3.57. The number of carbonyl (C=O) groups is 3. The summed E-state index contributed by atoms with van der Waals surface area (Å²) in [7, 11) is 0. The maximum atomic E-state index is 12.3. The van der Waals surface area contributed by atoms with Crippen LogP contribution < -0.4 is 15.4 Å². The molecule has 1 aromatic carbocycles. The van der Waals surface area contributed by atoms with Crippen LogP contribution in [-0.2, 0) is 24.4 Å². The number of hydrogen-bond acceptors (Lipinski definition) is 7. The van der Waals surface area contributed by atoms with Gasteiger partial charge in [0.1, 0.15) is 11.4 Å². The van der Waals surface area contributed by atoms with Crippen LogP contribution in [0.25, 0.3) is 0 Å². The monoisotopic (exact) mass is 496 g/mol. The standard InChI is InChI=1S/C25H40N2O8/c1-17-14-18(2)21(25(6,7)16-20(28)29)19(15-17)34-22(30)26-8-10-32-12-13-33-11-9-27-23(31)35-24(3,4)5/h14-15H,8-13,16H2,1-7H3,(H,26,30)(H,27,31)(H,28,29). The van der Waals surface area contributed by atoms with Crippen molar-refractivity contribution in [2.45, 2.75) is 65.9 Å². The Bertz CT molecular complexity index is 862. The predicted octanol–water partition coefficient (Wildman–Crippen LogP) is 3.70. The summed E-state index contributed by atoms with van der Waals surface area (Å²) < 4.78 is 21.4. The zero-order valence-corrected chi connectivity index (χ0v) is 21.9. The molecule has 35 heavy (non-hydrogen) atoms. The van der Waals surface area contributed by atoms with Gasteiger partial charge in [0.15, 0.2) is 0 Å². The minimum Gasteiger partial charge on any atom is -0.481 e. The number of ether oxygens (including phenoxy) is 4. The van der Waals surface area contributed by atoms with Gasteiger partial charge in [-0.15, -0.1) is 0 Å². The molecule has 0 saturated carbocycles. The fourth-order valence-electron chi connectivity index (χ4n) is 3.57. The lowest BCUT2D eigenvalue weighted by Crippen LogP contribution is -2.34. The molecule has 0 aliphatic carbocycles. The van der Waals surface area contributed by atoms with E-state index in [2.05, 4.69) is 10.6 Å². The zero-order chi connectivity index (χ0) is 26.6. The van der Waals surface area contributed by atoms with Gasteiger partial charge in [-0.25, -0.2) is 9.59 Å². The lowest BCUT2D eigenvalue weighted by atomic mass is 9.78. The summed E-state index contributed by atoms with van der Waals surface area (Å²) in [5, 5.41) is 14.5. The Morgan fingerprint density at radius 2 is 1.40 bits per heavy atom. The SMILES string of the molecule is Cc1cc(C)c(C(C)(C)CC(=O)O)c(OC(=O)NCCOCCOCCNC(=O)OC(C)(C)C)c1. The average molecular weight is 497 g/mol. The van der Waals surface area contributed by atoms with Crippen molar-refractivity contribution >= 4 is 18.2 Å². The smallest absolute Gasteiger partial charge is 0.412 e. The van der Waals surface area contributed by atoms with Crippen LogP contribution in [0.2, 0.25) is 0 Å². The minimum atomic E-state index is -0.925. The molecule has 0 heterocycles. The Morgan fingerprint density at radius 3 is 1.91 bits per heavy atom. The first-order valence-electron chi connectivity index (χ1n) is 11.6. The lowest BCUT2D eigenvalue weighted by Gasteiger charge is -2.28. The Morgan fingerprint density at radius 1 is 0.857 bits per heavy atom. The van der Waals surface area contributed by atoms with E-state index in [1.54, 1.807) is 26.8 Å². The van der Waals surface area contributed by atoms with E-state index >= 15 is 0 Å². The molecule has 1 rings (SSSR count). The van der Waals surface area contributed by atoms with E-state index in [-0.39, 0.29) is 19.6 Å². The molecular weight excluding hydrogens is 456 g/mol. The van der Waals surface area contributed by atoms with E-state index in [1.807, 2.05) is 33.8 Å². The lowest BCUT2D eigenvalue weighted by molar-refractivity contribution is -0.138. The number of hydrogen-bond donors (Lipinski definition) is 3. The molecule has 0 spiro atoms. The summed E-state index contributed by atoms with van der Waals surface area (Å²) >= 11 is 0. The predicted molar refractivity (Wildman–Crippen MR) is 131 cm³/mol. The second-order valence-electron chi connectivity index (χ2n) is 9.88. The van der Waals surface area contributed by atoms with Gasteiger partial charge in [-0.2, -0.15) is 0 Å². The van der Waals surface area contributed by atoms with E-state index < -0.39 is 29.2 Å². The summed E-state index contributed by atoms with van der Waals surface area (Å²) in [4.78, 5) is 35.1. The number of aliphatic carboxylic acids is 1. The highest BCUT2D eigenvalue weighted by Gasteiger charge is 2.30. The number of carbonyl (C=O) groups excluding carboxylic acids is 2. The second-order valence-corrected chi connectivity index (χ2v) is 9.88. The zero-order valence-electron chi connectivity index (χ0n) is 21.9. The summed E-state index contributed by atoms with van der Waals surface area (Å²) in [6.45, 7) is 14.6. The molecule has 0 aliphatic heterocycles. The van der Waals surface area contributed by atoms with Crippen LogP contribution in [0.15, 0.2) is 12.1 Å². The quantitative estimate of drug-likeness (QED) is 0.352. The van der Waals surface area contributed by atoms with Crippen LogP contribution in [0.1, 0.15) is 57.7 Å². The molecule has 198 valence electrons. The van der Waals surface area contributed by atoms with E-state index in [9.17, 15) is 19.5 Å². The molecule has 0 atom stereocenters. The maximum Gasteiger partial charge on any atom is 0.412 e. The van der Waals surface area contributed by atoms with Gasteiger partial charge in [0.05, 0.1) is 32.8 Å². The maximum absolute atomic E-state index is 12.3. The molecule has 0 aliphatic rings. The summed E-state index contributed by atoms with van der Waals surface area (Å²) in [6, 6.07) is 3.67. The number of carboxylic acids is 1. The Labute approximate surface area is 207 Å². The molecule has 0 fully saturated rings. The van der Waals surface area contributed by atoms with Crippen molar-refractivity contribution in [3.05, 3.63) is 28.8 Å². The van der Waals surface area contributed by atoms with E-state index in [4.69, 9.17) is 18.9 Å². The van der Waals surface area contributed by atoms with E-state index in [1.165, 1.54) is 0 Å². The molecule has 0 saturated heterocycles. The second kappa shape index (κ2) is 13.9. The third-order valence-corrected chi connectivity index (χ3v) is 4.72. The molecular formula is C25H40N2O8. The van der Waals surface area contributed by atoms with Crippen LogP contribution in [0.4, 0.5) is 9.59 Å². The highest BCUT2D eigenvalue weighted by atomic mass is 16.6. The molecule has 0 aromatic heterocycles. The number of amides is 2. The fraction of sp³-hybridized carbons (Fsp3) is 0.640. The number of nitrogens with one attached hydrogen (secondary N) is 2. The third-order valence-electron chi connectivity index (χ3n) is 4.72. The first-order chi connectivity index (χ1) is 16.2. The number of aryl methyl sites for hydroxylation is 2. The molecule has 10 nitrogen and oxygen atoms in total. The molecule has 0 unspecified atom stereocenters. The van der Waals surface area contributed by atoms with Gasteiger partial charge < -0.3 is 34.7 Å². The van der Waals surface area contributed by atoms with Crippen LogP contribution >= 0.6 is 0 Å². The third kappa shape index (κ3) is 12.4. The van der Waals surface area contributed by atoms with Gasteiger partial charge in [-0.1, -0.05) is 19.9 Å². The minimum absolute atomic E-state index is 0.0954. The van der Waals surface area contributed by atoms with Crippen LogP contribution in [0, 0.1) is 13.8 Å².